The number of rotatable bonds is 7. The highest BCUT2D eigenvalue weighted by Gasteiger charge is 2.12. The van der Waals surface area contributed by atoms with Gasteiger partial charge in [0.1, 0.15) is 22.8 Å². The minimum absolute atomic E-state index is 0.193. The number of hydrogen-bond acceptors (Lipinski definition) is 8. The minimum Gasteiger partial charge on any atom is -0.497 e. The molecule has 0 saturated carbocycles. The Balaban J connectivity index is 1.64. The molecular weight excluding hydrogens is 488 g/mol. The van der Waals surface area contributed by atoms with Crippen LogP contribution in [0.5, 0.6) is 11.5 Å². The molecule has 186 valence electrons. The number of carbonyl (C=O) groups excluding carboxylic acids is 1. The van der Waals surface area contributed by atoms with Gasteiger partial charge in [0.05, 0.1) is 25.3 Å². The average molecular weight is 513 g/mol. The molecule has 0 unspecified atom stereocenters. The van der Waals surface area contributed by atoms with Crippen LogP contribution in [0.3, 0.4) is 0 Å². The molecule has 0 spiro atoms. The molecule has 5 rings (SSSR count). The lowest BCUT2D eigenvalue weighted by molar-refractivity contribution is -0.142. The zero-order valence-corrected chi connectivity index (χ0v) is 21.4. The lowest BCUT2D eigenvalue weighted by Gasteiger charge is -2.08. The summed E-state index contributed by atoms with van der Waals surface area (Å²) in [5, 5.41) is 2.03. The summed E-state index contributed by atoms with van der Waals surface area (Å²) < 4.78 is 21.8. The molecule has 7 nitrogen and oxygen atoms in total. The molecular formula is C29H24N2O5S. The van der Waals surface area contributed by atoms with Crippen molar-refractivity contribution in [2.24, 2.45) is 4.99 Å². The molecule has 0 aliphatic rings. The van der Waals surface area contributed by atoms with Gasteiger partial charge in [-0.2, -0.15) is 0 Å². The van der Waals surface area contributed by atoms with E-state index in [0.29, 0.717) is 27.6 Å². The number of aromatic nitrogens is 1. The Morgan fingerprint density at radius 3 is 2.43 bits per heavy atom. The van der Waals surface area contributed by atoms with E-state index in [1.165, 1.54) is 18.4 Å². The second kappa shape index (κ2) is 10.7. The van der Waals surface area contributed by atoms with Crippen molar-refractivity contribution in [3.05, 3.63) is 89.1 Å². The van der Waals surface area contributed by atoms with Gasteiger partial charge in [0, 0.05) is 27.5 Å². The minimum atomic E-state index is -0.462. The molecule has 0 saturated heterocycles. The van der Waals surface area contributed by atoms with Crippen molar-refractivity contribution in [3.63, 3.8) is 0 Å². The molecule has 0 amide bonds. The third-order valence-electron chi connectivity index (χ3n) is 5.72. The van der Waals surface area contributed by atoms with E-state index in [9.17, 15) is 4.79 Å². The standard InChI is InChI=1S/C29H24N2O5S/c1-18-28(20-7-5-4-6-8-20)31-29(37-18)30-24-16-26(19-9-11-21(33-2)12-10-19)36-25-14-13-22(15-23(24)25)35-17-27(32)34-3/h4-16H,17H2,1-3H3/b30-24+. The summed E-state index contributed by atoms with van der Waals surface area (Å²) in [6, 6.07) is 24.9. The Morgan fingerprint density at radius 2 is 1.70 bits per heavy atom. The van der Waals surface area contributed by atoms with Crippen molar-refractivity contribution in [1.29, 1.82) is 0 Å². The van der Waals surface area contributed by atoms with E-state index >= 15 is 0 Å². The van der Waals surface area contributed by atoms with Gasteiger partial charge in [0.15, 0.2) is 6.61 Å². The fourth-order valence-electron chi connectivity index (χ4n) is 3.83. The van der Waals surface area contributed by atoms with Gasteiger partial charge in [-0.25, -0.2) is 14.8 Å². The summed E-state index contributed by atoms with van der Waals surface area (Å²) >= 11 is 1.52. The Bertz CT molecular complexity index is 1620. The number of nitrogens with zero attached hydrogens (tertiary/aromatic N) is 2. The first kappa shape index (κ1) is 24.3. The fraction of sp³-hybridized carbons (Fsp3) is 0.138. The van der Waals surface area contributed by atoms with E-state index in [4.69, 9.17) is 23.9 Å². The molecule has 0 N–H and O–H groups in total. The number of methoxy groups -OCH3 is 2. The monoisotopic (exact) mass is 512 g/mol. The summed E-state index contributed by atoms with van der Waals surface area (Å²) in [4.78, 5) is 22.4. The van der Waals surface area contributed by atoms with Gasteiger partial charge < -0.3 is 18.6 Å². The van der Waals surface area contributed by atoms with E-state index in [1.54, 1.807) is 25.3 Å². The van der Waals surface area contributed by atoms with E-state index in [1.807, 2.05) is 67.6 Å². The van der Waals surface area contributed by atoms with Gasteiger partial charge in [-0.05, 0) is 49.4 Å². The molecule has 8 heteroatoms. The van der Waals surface area contributed by atoms with Crippen molar-refractivity contribution >= 4 is 33.4 Å². The summed E-state index contributed by atoms with van der Waals surface area (Å²) in [5.41, 5.74) is 3.45. The van der Waals surface area contributed by atoms with Crippen LogP contribution in [-0.2, 0) is 9.53 Å². The van der Waals surface area contributed by atoms with Crippen molar-refractivity contribution in [3.8, 4) is 34.1 Å². The first-order valence-corrected chi connectivity index (χ1v) is 12.4. The highest BCUT2D eigenvalue weighted by atomic mass is 32.1. The summed E-state index contributed by atoms with van der Waals surface area (Å²) in [7, 11) is 2.95. The second-order valence-corrected chi connectivity index (χ2v) is 9.31. The zero-order chi connectivity index (χ0) is 25.8. The van der Waals surface area contributed by atoms with Crippen LogP contribution in [-0.4, -0.2) is 31.8 Å². The number of ether oxygens (including phenoxy) is 3. The second-order valence-electron chi connectivity index (χ2n) is 8.13. The molecule has 37 heavy (non-hydrogen) atoms. The van der Waals surface area contributed by atoms with Gasteiger partial charge in [-0.1, -0.05) is 41.7 Å². The van der Waals surface area contributed by atoms with Gasteiger partial charge in [-0.15, -0.1) is 0 Å². The van der Waals surface area contributed by atoms with E-state index < -0.39 is 5.97 Å². The molecule has 0 aliphatic heterocycles. The SMILES string of the molecule is COC(=O)COc1ccc2oc(-c3ccc(OC)cc3)c/c(=N\c3nc(-c4ccccc4)c(C)s3)c2c1. The Labute approximate surface area is 217 Å². The van der Waals surface area contributed by atoms with Crippen molar-refractivity contribution in [2.75, 3.05) is 20.8 Å². The van der Waals surface area contributed by atoms with Crippen LogP contribution in [0, 0.1) is 6.92 Å². The Morgan fingerprint density at radius 1 is 0.946 bits per heavy atom. The molecule has 5 aromatic rings. The smallest absolute Gasteiger partial charge is 0.343 e. The number of aryl methyl sites for hydroxylation is 1. The largest absolute Gasteiger partial charge is 0.497 e. The van der Waals surface area contributed by atoms with Crippen molar-refractivity contribution < 1.29 is 23.4 Å². The van der Waals surface area contributed by atoms with Crippen LogP contribution in [0.1, 0.15) is 4.88 Å². The lowest BCUT2D eigenvalue weighted by Crippen LogP contribution is -2.12. The van der Waals surface area contributed by atoms with Crippen molar-refractivity contribution in [1.82, 2.24) is 4.98 Å². The molecule has 0 fully saturated rings. The van der Waals surface area contributed by atoms with Gasteiger partial charge in [0.2, 0.25) is 5.13 Å². The van der Waals surface area contributed by atoms with Gasteiger partial charge in [0.25, 0.3) is 0 Å². The van der Waals surface area contributed by atoms with Gasteiger partial charge in [-0.3, -0.25) is 0 Å². The number of benzene rings is 3. The maximum Gasteiger partial charge on any atom is 0.343 e. The molecule has 2 heterocycles. The molecule has 0 bridgehead atoms. The highest BCUT2D eigenvalue weighted by molar-refractivity contribution is 7.15. The van der Waals surface area contributed by atoms with E-state index in [0.717, 1.165) is 32.8 Å². The number of thiazole rings is 1. The number of esters is 1. The summed E-state index contributed by atoms with van der Waals surface area (Å²) in [6.45, 7) is 1.85. The molecule has 2 aromatic heterocycles. The molecule has 0 radical (unpaired) electrons. The topological polar surface area (TPSA) is 83.2 Å². The third-order valence-corrected chi connectivity index (χ3v) is 6.59. The number of fused-ring (bicyclic) bond motifs is 1. The van der Waals surface area contributed by atoms with E-state index in [2.05, 4.69) is 4.74 Å². The average Bonchev–Trinajstić information content (AvgIpc) is 3.31. The molecule has 0 atom stereocenters. The normalized spacial score (nSPS) is 11.5. The van der Waals surface area contributed by atoms with Crippen LogP contribution >= 0.6 is 11.3 Å². The first-order valence-electron chi connectivity index (χ1n) is 11.5. The molecule has 3 aromatic carbocycles. The summed E-state index contributed by atoms with van der Waals surface area (Å²) in [5.74, 6) is 1.44. The molecule has 0 aliphatic carbocycles. The maximum absolute atomic E-state index is 11.6. The Kier molecular flexibility index (Phi) is 7.00. The van der Waals surface area contributed by atoms with Gasteiger partial charge >= 0.3 is 5.97 Å². The Hall–Kier alpha value is -4.43. The number of hydrogen-bond donors (Lipinski definition) is 0. The van der Waals surface area contributed by atoms with Crippen LogP contribution in [0.4, 0.5) is 5.13 Å². The van der Waals surface area contributed by atoms with Crippen LogP contribution in [0.2, 0.25) is 0 Å². The number of carbonyl (C=O) groups is 1. The zero-order valence-electron chi connectivity index (χ0n) is 20.6. The fourth-order valence-corrected chi connectivity index (χ4v) is 4.64. The van der Waals surface area contributed by atoms with Crippen LogP contribution in [0.15, 0.2) is 88.3 Å². The van der Waals surface area contributed by atoms with Crippen LogP contribution in [0.25, 0.3) is 33.6 Å². The quantitative estimate of drug-likeness (QED) is 0.237. The van der Waals surface area contributed by atoms with Crippen molar-refractivity contribution in [2.45, 2.75) is 6.92 Å². The highest BCUT2D eigenvalue weighted by Crippen LogP contribution is 2.32. The third kappa shape index (κ3) is 5.39. The maximum atomic E-state index is 11.6. The lowest BCUT2D eigenvalue weighted by atomic mass is 10.1. The summed E-state index contributed by atoms with van der Waals surface area (Å²) in [6.07, 6.45) is 0. The van der Waals surface area contributed by atoms with E-state index in [-0.39, 0.29) is 6.61 Å². The predicted molar refractivity (Wildman–Crippen MR) is 143 cm³/mol. The van der Waals surface area contributed by atoms with Crippen LogP contribution < -0.4 is 14.8 Å². The predicted octanol–water partition coefficient (Wildman–Crippen LogP) is 6.32. The first-order chi connectivity index (χ1) is 18.0.